The number of nitrogens with one attached hydrogen (secondary N) is 1. The molecule has 2 rings (SSSR count). The van der Waals surface area contributed by atoms with E-state index in [1.54, 1.807) is 12.1 Å². The second-order valence-electron chi connectivity index (χ2n) is 5.54. The average molecular weight is 276 g/mol. The van der Waals surface area contributed by atoms with E-state index in [1.807, 2.05) is 6.92 Å². The van der Waals surface area contributed by atoms with E-state index in [9.17, 15) is 15.2 Å². The van der Waals surface area contributed by atoms with Crippen LogP contribution in [-0.2, 0) is 4.79 Å². The first kappa shape index (κ1) is 14.6. The molecule has 20 heavy (non-hydrogen) atoms. The summed E-state index contributed by atoms with van der Waals surface area (Å²) in [4.78, 5) is 12.2. The van der Waals surface area contributed by atoms with Gasteiger partial charge in [0.15, 0.2) is 0 Å². The Morgan fingerprint density at radius 2 is 2.30 bits per heavy atom. The summed E-state index contributed by atoms with van der Waals surface area (Å²) >= 11 is 0. The normalized spacial score (nSPS) is 20.1. The summed E-state index contributed by atoms with van der Waals surface area (Å²) < 4.78 is 5.13. The van der Waals surface area contributed by atoms with Gasteiger partial charge in [0.05, 0.1) is 12.3 Å². The van der Waals surface area contributed by atoms with Crippen LogP contribution in [0.2, 0.25) is 0 Å². The molecule has 0 aromatic carbocycles. The van der Waals surface area contributed by atoms with E-state index in [0.29, 0.717) is 25.0 Å². The van der Waals surface area contributed by atoms with Gasteiger partial charge in [0, 0.05) is 12.5 Å². The smallest absolute Gasteiger partial charge is 0.240 e. The lowest BCUT2D eigenvalue weighted by atomic mass is 9.86. The van der Waals surface area contributed by atoms with Crippen molar-refractivity contribution in [3.63, 3.8) is 0 Å². The van der Waals surface area contributed by atoms with Crippen molar-refractivity contribution in [3.05, 3.63) is 24.2 Å². The van der Waals surface area contributed by atoms with Gasteiger partial charge in [-0.2, -0.15) is 5.26 Å². The lowest BCUT2D eigenvalue weighted by Gasteiger charge is -2.23. The zero-order valence-corrected chi connectivity index (χ0v) is 11.6. The SMILES string of the molecule is CC(CC(O)c1ccco1)NC(=O)C1(C#N)CCCC1. The summed E-state index contributed by atoms with van der Waals surface area (Å²) in [5.41, 5.74) is -0.871. The summed E-state index contributed by atoms with van der Waals surface area (Å²) in [5, 5.41) is 22.1. The van der Waals surface area contributed by atoms with Crippen LogP contribution >= 0.6 is 0 Å². The Balaban J connectivity index is 1.89. The lowest BCUT2D eigenvalue weighted by molar-refractivity contribution is -0.128. The third-order valence-corrected chi connectivity index (χ3v) is 3.93. The number of hydrogen-bond donors (Lipinski definition) is 2. The van der Waals surface area contributed by atoms with Crippen molar-refractivity contribution in [2.24, 2.45) is 5.41 Å². The van der Waals surface area contributed by atoms with Gasteiger partial charge < -0.3 is 14.8 Å². The van der Waals surface area contributed by atoms with E-state index in [4.69, 9.17) is 4.42 Å². The molecule has 0 radical (unpaired) electrons. The summed E-state index contributed by atoms with van der Waals surface area (Å²) in [7, 11) is 0. The second-order valence-corrected chi connectivity index (χ2v) is 5.54. The summed E-state index contributed by atoms with van der Waals surface area (Å²) in [6.07, 6.45) is 4.22. The third kappa shape index (κ3) is 3.02. The van der Waals surface area contributed by atoms with Crippen molar-refractivity contribution in [2.75, 3.05) is 0 Å². The fraction of sp³-hybridized carbons (Fsp3) is 0.600. The Kier molecular flexibility index (Phi) is 4.46. The van der Waals surface area contributed by atoms with Crippen LogP contribution in [-0.4, -0.2) is 17.1 Å². The molecule has 1 amide bonds. The Hall–Kier alpha value is -1.80. The molecule has 0 saturated heterocycles. The van der Waals surface area contributed by atoms with Gasteiger partial charge in [0.1, 0.15) is 17.3 Å². The number of carbonyl (C=O) groups excluding carboxylic acids is 1. The molecular formula is C15H20N2O3. The molecule has 0 spiro atoms. The van der Waals surface area contributed by atoms with Gasteiger partial charge in [-0.25, -0.2) is 0 Å². The van der Waals surface area contributed by atoms with Gasteiger partial charge in [-0.3, -0.25) is 4.79 Å². The highest BCUT2D eigenvalue weighted by atomic mass is 16.4. The number of amides is 1. The van der Waals surface area contributed by atoms with Crippen LogP contribution in [0.15, 0.2) is 22.8 Å². The maximum Gasteiger partial charge on any atom is 0.240 e. The average Bonchev–Trinajstić information content (AvgIpc) is 3.10. The van der Waals surface area contributed by atoms with E-state index >= 15 is 0 Å². The number of furan rings is 1. The summed E-state index contributed by atoms with van der Waals surface area (Å²) in [6, 6.07) is 5.37. The zero-order valence-electron chi connectivity index (χ0n) is 11.6. The van der Waals surface area contributed by atoms with Crippen LogP contribution < -0.4 is 5.32 Å². The van der Waals surface area contributed by atoms with E-state index < -0.39 is 11.5 Å². The van der Waals surface area contributed by atoms with Gasteiger partial charge >= 0.3 is 0 Å². The molecule has 5 nitrogen and oxygen atoms in total. The van der Waals surface area contributed by atoms with Crippen LogP contribution in [0.5, 0.6) is 0 Å². The maximum atomic E-state index is 12.2. The number of carbonyl (C=O) groups is 1. The van der Waals surface area contributed by atoms with Gasteiger partial charge in [-0.15, -0.1) is 0 Å². The van der Waals surface area contributed by atoms with Gasteiger partial charge in [-0.1, -0.05) is 12.8 Å². The molecule has 108 valence electrons. The van der Waals surface area contributed by atoms with Crippen molar-refractivity contribution in [1.29, 1.82) is 5.26 Å². The summed E-state index contributed by atoms with van der Waals surface area (Å²) in [6.45, 7) is 1.82. The van der Waals surface area contributed by atoms with Crippen LogP contribution in [0.1, 0.15) is 50.9 Å². The van der Waals surface area contributed by atoms with Crippen LogP contribution in [0, 0.1) is 16.7 Å². The van der Waals surface area contributed by atoms with Crippen molar-refractivity contribution in [3.8, 4) is 6.07 Å². The number of rotatable bonds is 5. The molecular weight excluding hydrogens is 256 g/mol. The predicted molar refractivity (Wildman–Crippen MR) is 72.4 cm³/mol. The maximum absolute atomic E-state index is 12.2. The monoisotopic (exact) mass is 276 g/mol. The standard InChI is InChI=1S/C15H20N2O3/c1-11(9-12(18)13-5-4-8-20-13)17-14(19)15(10-16)6-2-3-7-15/h4-5,8,11-12,18H,2-3,6-7,9H2,1H3,(H,17,19). The van der Waals surface area contributed by atoms with E-state index in [1.165, 1.54) is 6.26 Å². The summed E-state index contributed by atoms with van der Waals surface area (Å²) in [5.74, 6) is 0.276. The molecule has 1 aromatic rings. The van der Waals surface area contributed by atoms with Crippen LogP contribution in [0.25, 0.3) is 0 Å². The van der Waals surface area contributed by atoms with E-state index in [-0.39, 0.29) is 11.9 Å². The van der Waals surface area contributed by atoms with Gasteiger partial charge in [-0.05, 0) is 31.9 Å². The van der Waals surface area contributed by atoms with Crippen molar-refractivity contribution in [1.82, 2.24) is 5.32 Å². The van der Waals surface area contributed by atoms with E-state index in [2.05, 4.69) is 11.4 Å². The van der Waals surface area contributed by atoms with Crippen LogP contribution in [0.3, 0.4) is 0 Å². The number of nitrogens with zero attached hydrogens (tertiary/aromatic N) is 1. The van der Waals surface area contributed by atoms with Gasteiger partial charge in [0.25, 0.3) is 0 Å². The molecule has 1 aliphatic rings. The first-order valence-electron chi connectivity index (χ1n) is 7.01. The molecule has 1 saturated carbocycles. The van der Waals surface area contributed by atoms with Crippen molar-refractivity contribution in [2.45, 2.75) is 51.2 Å². The van der Waals surface area contributed by atoms with Gasteiger partial charge in [0.2, 0.25) is 5.91 Å². The quantitative estimate of drug-likeness (QED) is 0.864. The molecule has 1 fully saturated rings. The number of nitriles is 1. The Morgan fingerprint density at radius 1 is 1.60 bits per heavy atom. The number of aliphatic hydroxyl groups is 1. The fourth-order valence-corrected chi connectivity index (χ4v) is 2.72. The number of aliphatic hydroxyl groups excluding tert-OH is 1. The first-order valence-corrected chi connectivity index (χ1v) is 7.01. The fourth-order valence-electron chi connectivity index (χ4n) is 2.72. The number of hydrogen-bond acceptors (Lipinski definition) is 4. The Bertz CT molecular complexity index is 484. The minimum absolute atomic E-state index is 0.211. The molecule has 5 heteroatoms. The molecule has 0 aliphatic heterocycles. The molecule has 2 N–H and O–H groups in total. The zero-order chi connectivity index (χ0) is 14.6. The van der Waals surface area contributed by atoms with Crippen molar-refractivity contribution >= 4 is 5.91 Å². The molecule has 2 unspecified atom stereocenters. The molecule has 0 bridgehead atoms. The minimum Gasteiger partial charge on any atom is -0.467 e. The first-order chi connectivity index (χ1) is 9.57. The third-order valence-electron chi connectivity index (χ3n) is 3.93. The van der Waals surface area contributed by atoms with Crippen molar-refractivity contribution < 1.29 is 14.3 Å². The minimum atomic E-state index is -0.871. The Morgan fingerprint density at radius 3 is 2.85 bits per heavy atom. The molecule has 1 heterocycles. The topological polar surface area (TPSA) is 86.3 Å². The van der Waals surface area contributed by atoms with Crippen LogP contribution in [0.4, 0.5) is 0 Å². The highest BCUT2D eigenvalue weighted by Crippen LogP contribution is 2.37. The highest BCUT2D eigenvalue weighted by molar-refractivity contribution is 5.85. The molecule has 2 atom stereocenters. The molecule has 1 aromatic heterocycles. The van der Waals surface area contributed by atoms with E-state index in [0.717, 1.165) is 12.8 Å². The highest BCUT2D eigenvalue weighted by Gasteiger charge is 2.41. The predicted octanol–water partition coefficient (Wildman–Crippen LogP) is 2.29. The lowest BCUT2D eigenvalue weighted by Crippen LogP contribution is -2.43. The Labute approximate surface area is 118 Å². The largest absolute Gasteiger partial charge is 0.467 e. The molecule has 1 aliphatic carbocycles. The second kappa shape index (κ2) is 6.10.